The molecule has 6 nitrogen and oxygen atoms in total. The van der Waals surface area contributed by atoms with E-state index in [0.29, 0.717) is 12.8 Å². The molecule has 1 amide bonds. The van der Waals surface area contributed by atoms with E-state index < -0.39 is 0 Å². The molecule has 0 unspecified atom stereocenters. The second-order valence-corrected chi connectivity index (χ2v) is 6.73. The van der Waals surface area contributed by atoms with Crippen molar-refractivity contribution in [1.82, 2.24) is 14.9 Å². The van der Waals surface area contributed by atoms with Crippen LogP contribution in [-0.4, -0.2) is 20.8 Å². The summed E-state index contributed by atoms with van der Waals surface area (Å²) in [5.41, 5.74) is 5.09. The fourth-order valence-corrected chi connectivity index (χ4v) is 3.57. The first-order chi connectivity index (χ1) is 12.6. The van der Waals surface area contributed by atoms with Crippen LogP contribution in [0.25, 0.3) is 5.69 Å². The molecule has 0 radical (unpaired) electrons. The number of aromatic nitrogens is 3. The topological polar surface area (TPSA) is 73.0 Å². The van der Waals surface area contributed by atoms with Crippen molar-refractivity contribution in [2.75, 3.05) is 5.32 Å². The van der Waals surface area contributed by atoms with Crippen LogP contribution < -0.4 is 5.32 Å². The summed E-state index contributed by atoms with van der Waals surface area (Å²) < 4.78 is 7.03. The maximum atomic E-state index is 12.6. The third-order valence-electron chi connectivity index (χ3n) is 4.95. The van der Waals surface area contributed by atoms with Gasteiger partial charge in [-0.2, -0.15) is 5.10 Å². The molecular formula is C20H22N4O2. The standard InChI is InChI=1S/C20H22N4O2/c1-13-16(14(2)26-23-13)11-12-19(25)21-20-17-9-6-10-18(17)22-24(20)15-7-4-3-5-8-15/h3-5,7-8H,6,9-12H2,1-2H3,(H,21,25). The molecule has 0 saturated heterocycles. The lowest BCUT2D eigenvalue weighted by Gasteiger charge is -2.11. The summed E-state index contributed by atoms with van der Waals surface area (Å²) in [6, 6.07) is 9.93. The molecule has 1 N–H and O–H groups in total. The van der Waals surface area contributed by atoms with Crippen LogP contribution in [-0.2, 0) is 24.1 Å². The molecule has 134 valence electrons. The van der Waals surface area contributed by atoms with E-state index in [2.05, 4.69) is 10.5 Å². The Kier molecular flexibility index (Phi) is 4.32. The van der Waals surface area contributed by atoms with Gasteiger partial charge in [0.25, 0.3) is 0 Å². The highest BCUT2D eigenvalue weighted by Gasteiger charge is 2.24. The molecule has 3 aromatic rings. The summed E-state index contributed by atoms with van der Waals surface area (Å²) in [6.07, 6.45) is 4.03. The van der Waals surface area contributed by atoms with Crippen LogP contribution in [0.4, 0.5) is 5.82 Å². The van der Waals surface area contributed by atoms with E-state index in [1.54, 1.807) is 0 Å². The van der Waals surface area contributed by atoms with Gasteiger partial charge in [-0.3, -0.25) is 4.79 Å². The smallest absolute Gasteiger partial charge is 0.225 e. The summed E-state index contributed by atoms with van der Waals surface area (Å²) in [4.78, 5) is 12.6. The van der Waals surface area contributed by atoms with Gasteiger partial charge in [-0.25, -0.2) is 4.68 Å². The number of aryl methyl sites for hydroxylation is 3. The summed E-state index contributed by atoms with van der Waals surface area (Å²) in [6.45, 7) is 3.78. The van der Waals surface area contributed by atoms with Crippen molar-refractivity contribution >= 4 is 11.7 Å². The lowest BCUT2D eigenvalue weighted by atomic mass is 10.1. The molecule has 0 atom stereocenters. The minimum absolute atomic E-state index is 0.0169. The van der Waals surface area contributed by atoms with Crippen molar-refractivity contribution in [3.63, 3.8) is 0 Å². The van der Waals surface area contributed by atoms with Gasteiger partial charge < -0.3 is 9.84 Å². The van der Waals surface area contributed by atoms with Gasteiger partial charge in [-0.15, -0.1) is 0 Å². The Balaban J connectivity index is 1.55. The number of rotatable bonds is 5. The maximum Gasteiger partial charge on any atom is 0.225 e. The van der Waals surface area contributed by atoms with E-state index in [1.165, 1.54) is 5.56 Å². The van der Waals surface area contributed by atoms with E-state index in [9.17, 15) is 4.79 Å². The van der Waals surface area contributed by atoms with Crippen LogP contribution in [0.1, 0.15) is 41.1 Å². The zero-order chi connectivity index (χ0) is 18.1. The lowest BCUT2D eigenvalue weighted by molar-refractivity contribution is -0.116. The molecule has 1 aliphatic carbocycles. The Morgan fingerprint density at radius 1 is 1.23 bits per heavy atom. The Morgan fingerprint density at radius 2 is 2.04 bits per heavy atom. The van der Waals surface area contributed by atoms with Crippen LogP contribution >= 0.6 is 0 Å². The second-order valence-electron chi connectivity index (χ2n) is 6.73. The van der Waals surface area contributed by atoms with Crippen molar-refractivity contribution in [1.29, 1.82) is 0 Å². The zero-order valence-corrected chi connectivity index (χ0v) is 15.1. The summed E-state index contributed by atoms with van der Waals surface area (Å²) in [5.74, 6) is 1.58. The molecule has 0 fully saturated rings. The highest BCUT2D eigenvalue weighted by atomic mass is 16.5. The number of carbonyl (C=O) groups is 1. The minimum atomic E-state index is -0.0169. The number of hydrogen-bond acceptors (Lipinski definition) is 4. The molecule has 2 heterocycles. The van der Waals surface area contributed by atoms with E-state index in [0.717, 1.165) is 53.5 Å². The number of nitrogens with one attached hydrogen (secondary N) is 1. The number of hydrogen-bond donors (Lipinski definition) is 1. The van der Waals surface area contributed by atoms with Gasteiger partial charge in [0.05, 0.1) is 17.1 Å². The molecule has 4 rings (SSSR count). The van der Waals surface area contributed by atoms with Crippen LogP contribution in [0, 0.1) is 13.8 Å². The largest absolute Gasteiger partial charge is 0.361 e. The first-order valence-electron chi connectivity index (χ1n) is 9.01. The number of fused-ring (bicyclic) bond motifs is 1. The summed E-state index contributed by atoms with van der Waals surface area (Å²) >= 11 is 0. The van der Waals surface area contributed by atoms with E-state index in [-0.39, 0.29) is 5.91 Å². The van der Waals surface area contributed by atoms with Crippen LogP contribution in [0.5, 0.6) is 0 Å². The zero-order valence-electron chi connectivity index (χ0n) is 15.1. The molecule has 1 aromatic carbocycles. The molecule has 0 spiro atoms. The highest BCUT2D eigenvalue weighted by Crippen LogP contribution is 2.31. The maximum absolute atomic E-state index is 12.6. The lowest BCUT2D eigenvalue weighted by Crippen LogP contribution is -2.17. The minimum Gasteiger partial charge on any atom is -0.361 e. The Morgan fingerprint density at radius 3 is 2.77 bits per heavy atom. The van der Waals surface area contributed by atoms with Crippen LogP contribution in [0.15, 0.2) is 34.9 Å². The monoisotopic (exact) mass is 350 g/mol. The van der Waals surface area contributed by atoms with Crippen molar-refractivity contribution in [3.05, 3.63) is 58.6 Å². The fourth-order valence-electron chi connectivity index (χ4n) is 3.57. The van der Waals surface area contributed by atoms with Crippen molar-refractivity contribution < 1.29 is 9.32 Å². The van der Waals surface area contributed by atoms with E-state index in [1.807, 2.05) is 48.9 Å². The Bertz CT molecular complexity index is 921. The molecule has 0 bridgehead atoms. The molecule has 6 heteroatoms. The molecule has 0 saturated carbocycles. The average Bonchev–Trinajstić information content (AvgIpc) is 3.31. The Labute approximate surface area is 152 Å². The van der Waals surface area contributed by atoms with Crippen molar-refractivity contribution in [3.8, 4) is 5.69 Å². The molecular weight excluding hydrogens is 328 g/mol. The highest BCUT2D eigenvalue weighted by molar-refractivity contribution is 5.91. The normalized spacial score (nSPS) is 13.0. The number of amides is 1. The third-order valence-corrected chi connectivity index (χ3v) is 4.95. The fraction of sp³-hybridized carbons (Fsp3) is 0.350. The van der Waals surface area contributed by atoms with Crippen molar-refractivity contribution in [2.24, 2.45) is 0 Å². The number of carbonyl (C=O) groups excluding carboxylic acids is 1. The summed E-state index contributed by atoms with van der Waals surface area (Å²) in [5, 5.41) is 11.8. The summed E-state index contributed by atoms with van der Waals surface area (Å²) in [7, 11) is 0. The SMILES string of the molecule is Cc1noc(C)c1CCC(=O)Nc1c2c(nn1-c1ccccc1)CCC2. The number of para-hydroxylation sites is 1. The Hall–Kier alpha value is -2.89. The van der Waals surface area contributed by atoms with E-state index >= 15 is 0 Å². The molecule has 0 aliphatic heterocycles. The first-order valence-corrected chi connectivity index (χ1v) is 9.01. The first kappa shape index (κ1) is 16.6. The van der Waals surface area contributed by atoms with Crippen LogP contribution in [0.2, 0.25) is 0 Å². The third kappa shape index (κ3) is 3.03. The van der Waals surface area contributed by atoms with Gasteiger partial charge in [-0.05, 0) is 51.7 Å². The van der Waals surface area contributed by atoms with E-state index in [4.69, 9.17) is 9.62 Å². The molecule has 26 heavy (non-hydrogen) atoms. The number of nitrogens with zero attached hydrogens (tertiary/aromatic N) is 3. The van der Waals surface area contributed by atoms with Crippen LogP contribution in [0.3, 0.4) is 0 Å². The predicted octanol–water partition coefficient (Wildman–Crippen LogP) is 3.54. The number of anilines is 1. The predicted molar refractivity (Wildman–Crippen MR) is 98.5 cm³/mol. The van der Waals surface area contributed by atoms with Crippen molar-refractivity contribution in [2.45, 2.75) is 46.0 Å². The number of benzene rings is 1. The van der Waals surface area contributed by atoms with Gasteiger partial charge in [0.1, 0.15) is 11.6 Å². The second kappa shape index (κ2) is 6.78. The quantitative estimate of drug-likeness (QED) is 0.764. The van der Waals surface area contributed by atoms with Gasteiger partial charge in [0.15, 0.2) is 0 Å². The average molecular weight is 350 g/mol. The molecule has 2 aromatic heterocycles. The van der Waals surface area contributed by atoms with Gasteiger partial charge in [0.2, 0.25) is 5.91 Å². The van der Waals surface area contributed by atoms with Gasteiger partial charge >= 0.3 is 0 Å². The van der Waals surface area contributed by atoms with Gasteiger partial charge in [0, 0.05) is 17.5 Å². The molecule has 1 aliphatic rings. The van der Waals surface area contributed by atoms with Gasteiger partial charge in [-0.1, -0.05) is 23.4 Å².